The highest BCUT2D eigenvalue weighted by atomic mass is 28.4. The molecule has 0 heterocycles. The van der Waals surface area contributed by atoms with Crippen LogP contribution in [0.25, 0.3) is 6.08 Å². The molecule has 1 aromatic carbocycles. The van der Waals surface area contributed by atoms with Gasteiger partial charge in [-0.1, -0.05) is 78.0 Å². The number of rotatable bonds is 10. The van der Waals surface area contributed by atoms with Crippen molar-refractivity contribution in [1.29, 1.82) is 0 Å². The second-order valence-electron chi connectivity index (χ2n) is 7.79. The van der Waals surface area contributed by atoms with Crippen molar-refractivity contribution in [3.8, 4) is 0 Å². The molecule has 0 N–H and O–H groups in total. The minimum Gasteiger partial charge on any atom is -0.517 e. The van der Waals surface area contributed by atoms with Crippen LogP contribution in [0.4, 0.5) is 0 Å². The third-order valence-corrected chi connectivity index (χ3v) is 11.1. The van der Waals surface area contributed by atoms with Gasteiger partial charge in [-0.15, -0.1) is 0 Å². The lowest BCUT2D eigenvalue weighted by Gasteiger charge is -2.42. The number of methoxy groups -OCH3 is 1. The monoisotopic (exact) mass is 404 g/mol. The second-order valence-corrected chi connectivity index (χ2v) is 13.2. The molecule has 156 valence electrons. The quantitative estimate of drug-likeness (QED) is 0.151. The van der Waals surface area contributed by atoms with Crippen molar-refractivity contribution in [2.45, 2.75) is 65.1 Å². The first-order valence-corrected chi connectivity index (χ1v) is 12.2. The van der Waals surface area contributed by atoms with Gasteiger partial charge in [0.15, 0.2) is 0 Å². The molecular formula is C23H36O4Si. The molecule has 4 nitrogen and oxygen atoms in total. The van der Waals surface area contributed by atoms with E-state index in [0.717, 1.165) is 5.56 Å². The van der Waals surface area contributed by atoms with Crippen LogP contribution in [-0.2, 0) is 18.7 Å². The summed E-state index contributed by atoms with van der Waals surface area (Å²) in [4.78, 5) is 12.7. The van der Waals surface area contributed by atoms with Crippen LogP contribution in [0, 0.1) is 0 Å². The molecule has 0 radical (unpaired) electrons. The molecule has 0 fully saturated rings. The third kappa shape index (κ3) is 5.74. The number of carbonyl (C=O) groups excluding carboxylic acids is 1. The Balaban J connectivity index is 3.48. The van der Waals surface area contributed by atoms with Crippen molar-refractivity contribution < 1.29 is 18.7 Å². The number of hydrogen-bond donors (Lipinski definition) is 0. The molecule has 28 heavy (non-hydrogen) atoms. The highest BCUT2D eigenvalue weighted by molar-refractivity contribution is 6.77. The van der Waals surface area contributed by atoms with E-state index in [-0.39, 0.29) is 5.95 Å². The fourth-order valence-corrected chi connectivity index (χ4v) is 9.11. The number of ether oxygens (including phenoxy) is 2. The molecule has 0 bridgehead atoms. The van der Waals surface area contributed by atoms with Crippen LogP contribution in [0.5, 0.6) is 0 Å². The Bertz CT molecular complexity index is 653. The maximum Gasteiger partial charge on any atom is 0.345 e. The molecular weight excluding hydrogens is 368 g/mol. The normalized spacial score (nSPS) is 13.2. The molecule has 1 aromatic rings. The summed E-state index contributed by atoms with van der Waals surface area (Å²) in [5, 5.41) is 0. The summed E-state index contributed by atoms with van der Waals surface area (Å²) < 4.78 is 17.5. The van der Waals surface area contributed by atoms with E-state index in [1.54, 1.807) is 20.1 Å². The lowest BCUT2D eigenvalue weighted by molar-refractivity contribution is -0.138. The molecule has 0 aliphatic rings. The maximum absolute atomic E-state index is 12.7. The summed E-state index contributed by atoms with van der Waals surface area (Å²) in [6.07, 6.45) is 3.60. The average Bonchev–Trinajstić information content (AvgIpc) is 2.64. The molecule has 0 spiro atoms. The minimum absolute atomic E-state index is 0.258. The zero-order valence-electron chi connectivity index (χ0n) is 18.6. The molecule has 0 saturated heterocycles. The predicted octanol–water partition coefficient (Wildman–Crippen LogP) is 6.31. The number of hydrogen-bond acceptors (Lipinski definition) is 4. The molecule has 0 aliphatic carbocycles. The van der Waals surface area contributed by atoms with Crippen LogP contribution in [0.3, 0.4) is 0 Å². The Labute approximate surface area is 171 Å². The zero-order valence-corrected chi connectivity index (χ0v) is 19.6. The Hall–Kier alpha value is -2.01. The highest BCUT2D eigenvalue weighted by Crippen LogP contribution is 2.44. The first kappa shape index (κ1) is 24.0. The first-order chi connectivity index (χ1) is 13.2. The summed E-state index contributed by atoms with van der Waals surface area (Å²) in [5.41, 5.74) is 2.38. The SMILES string of the molecule is CCOC(=O)C(/C=C/c1ccccc1)=C(\OC)O[Si](C(C)C)(C(C)C)C(C)C. The van der Waals surface area contributed by atoms with Crippen LogP contribution >= 0.6 is 0 Å². The van der Waals surface area contributed by atoms with Gasteiger partial charge in [-0.2, -0.15) is 0 Å². The fraction of sp³-hybridized carbons (Fsp3) is 0.522. The Kier molecular flexibility index (Phi) is 9.53. The summed E-state index contributed by atoms with van der Waals surface area (Å²) in [7, 11) is -0.729. The number of esters is 1. The lowest BCUT2D eigenvalue weighted by Crippen LogP contribution is -2.48. The van der Waals surface area contributed by atoms with Gasteiger partial charge >= 0.3 is 5.97 Å². The summed E-state index contributed by atoms with van der Waals surface area (Å²) in [5.74, 6) is -0.181. The van der Waals surface area contributed by atoms with E-state index in [4.69, 9.17) is 13.9 Å². The maximum atomic E-state index is 12.7. The van der Waals surface area contributed by atoms with Crippen LogP contribution < -0.4 is 0 Å². The molecule has 0 amide bonds. The second kappa shape index (κ2) is 11.1. The van der Waals surface area contributed by atoms with Gasteiger partial charge in [0.05, 0.1) is 13.7 Å². The van der Waals surface area contributed by atoms with Crippen molar-refractivity contribution in [3.05, 3.63) is 53.5 Å². The van der Waals surface area contributed by atoms with Crippen LogP contribution in [-0.4, -0.2) is 28.0 Å². The van der Waals surface area contributed by atoms with Crippen molar-refractivity contribution in [1.82, 2.24) is 0 Å². The molecule has 0 unspecified atom stereocenters. The summed E-state index contributed by atoms with van der Waals surface area (Å²) in [6.45, 7) is 15.3. The summed E-state index contributed by atoms with van der Waals surface area (Å²) in [6, 6.07) is 9.81. The third-order valence-electron chi connectivity index (χ3n) is 5.12. The Morgan fingerprint density at radius 2 is 1.54 bits per heavy atom. The van der Waals surface area contributed by atoms with E-state index in [1.165, 1.54) is 0 Å². The van der Waals surface area contributed by atoms with Crippen molar-refractivity contribution in [2.75, 3.05) is 13.7 Å². The standard InChI is InChI=1S/C23H36O4Si/c1-9-26-22(24)21(16-15-20-13-11-10-12-14-20)23(25-8)27-28(17(2)3,18(4)5)19(6)7/h10-19H,9H2,1-8H3/b16-15+,23-21+. The van der Waals surface area contributed by atoms with Crippen LogP contribution in [0.15, 0.2) is 47.9 Å². The average molecular weight is 405 g/mol. The molecule has 0 aromatic heterocycles. The van der Waals surface area contributed by atoms with Gasteiger partial charge in [0.2, 0.25) is 0 Å². The predicted molar refractivity (Wildman–Crippen MR) is 118 cm³/mol. The van der Waals surface area contributed by atoms with Gasteiger partial charge in [-0.05, 0) is 35.2 Å². The van der Waals surface area contributed by atoms with Gasteiger partial charge in [0.25, 0.3) is 14.3 Å². The molecule has 0 atom stereocenters. The van der Waals surface area contributed by atoms with E-state index < -0.39 is 14.3 Å². The van der Waals surface area contributed by atoms with Gasteiger partial charge in [-0.3, -0.25) is 0 Å². The smallest absolute Gasteiger partial charge is 0.345 e. The highest BCUT2D eigenvalue weighted by Gasteiger charge is 2.48. The van der Waals surface area contributed by atoms with Gasteiger partial charge in [0.1, 0.15) is 5.57 Å². The largest absolute Gasteiger partial charge is 0.517 e. The fourth-order valence-electron chi connectivity index (χ4n) is 3.89. The lowest BCUT2D eigenvalue weighted by atomic mass is 10.1. The Morgan fingerprint density at radius 1 is 1.00 bits per heavy atom. The van der Waals surface area contributed by atoms with Crippen LogP contribution in [0.1, 0.15) is 54.0 Å². The molecule has 1 rings (SSSR count). The van der Waals surface area contributed by atoms with Gasteiger partial charge in [0, 0.05) is 0 Å². The van der Waals surface area contributed by atoms with E-state index in [1.807, 2.05) is 36.4 Å². The molecule has 0 saturated carbocycles. The van der Waals surface area contributed by atoms with Crippen molar-refractivity contribution in [3.63, 3.8) is 0 Å². The molecule has 5 heteroatoms. The van der Waals surface area contributed by atoms with E-state index in [2.05, 4.69) is 41.5 Å². The van der Waals surface area contributed by atoms with Gasteiger partial charge < -0.3 is 13.9 Å². The van der Waals surface area contributed by atoms with Gasteiger partial charge in [-0.25, -0.2) is 4.79 Å². The number of benzene rings is 1. The summed E-state index contributed by atoms with van der Waals surface area (Å²) >= 11 is 0. The number of carbonyl (C=O) groups is 1. The van der Waals surface area contributed by atoms with Crippen molar-refractivity contribution in [2.24, 2.45) is 0 Å². The van der Waals surface area contributed by atoms with Crippen molar-refractivity contribution >= 4 is 20.4 Å². The van der Waals surface area contributed by atoms with E-state index in [0.29, 0.717) is 28.8 Å². The minimum atomic E-state index is -2.28. The topological polar surface area (TPSA) is 44.8 Å². The zero-order chi connectivity index (χ0) is 21.3. The molecule has 0 aliphatic heterocycles. The Morgan fingerprint density at radius 3 is 1.96 bits per heavy atom. The van der Waals surface area contributed by atoms with E-state index in [9.17, 15) is 4.79 Å². The van der Waals surface area contributed by atoms with Crippen LogP contribution in [0.2, 0.25) is 16.6 Å². The first-order valence-electron chi connectivity index (χ1n) is 10.1. The van der Waals surface area contributed by atoms with E-state index >= 15 is 0 Å².